The summed E-state index contributed by atoms with van der Waals surface area (Å²) in [5, 5.41) is 2.23. The highest BCUT2D eigenvalue weighted by molar-refractivity contribution is 5.98. The molecule has 11 rings (SSSR count). The van der Waals surface area contributed by atoms with Crippen molar-refractivity contribution in [3.8, 4) is 67.7 Å². The summed E-state index contributed by atoms with van der Waals surface area (Å²) in [5.41, 5.74) is 13.2. The van der Waals surface area contributed by atoms with E-state index in [9.17, 15) is 0 Å². The second-order valence-corrected chi connectivity index (χ2v) is 13.9. The molecule has 0 fully saturated rings. The van der Waals surface area contributed by atoms with Crippen LogP contribution >= 0.6 is 0 Å². The van der Waals surface area contributed by atoms with Gasteiger partial charge >= 0.3 is 0 Å². The van der Waals surface area contributed by atoms with Crippen LogP contribution in [0, 0.1) is 0 Å². The molecular weight excluding hydrogens is 659 g/mol. The Hall–Kier alpha value is -7.17. The molecule has 0 saturated carbocycles. The monoisotopic (exact) mass is 689 g/mol. The minimum Gasteiger partial charge on any atom is -0.456 e. The van der Waals surface area contributed by atoms with Gasteiger partial charge in [0.2, 0.25) is 0 Å². The molecule has 0 radical (unpaired) electrons. The Morgan fingerprint density at radius 1 is 0.426 bits per heavy atom. The molecule has 4 heteroatoms. The summed E-state index contributed by atoms with van der Waals surface area (Å²) in [4.78, 5) is 14.7. The fraction of sp³-hybridized carbons (Fsp3) is 0.0200. The molecule has 1 atom stereocenters. The van der Waals surface area contributed by atoms with E-state index >= 15 is 0 Å². The SMILES string of the molecule is c1ccc(-c2cc(-c3ccc4c(c3)C3(c5ccccc5Oc5c3ccc3ccccc53)c3ccccc3-c3ccccc3-4)nc(-c3cccnc3)n2)cc1. The van der Waals surface area contributed by atoms with Crippen molar-refractivity contribution in [2.75, 3.05) is 0 Å². The first-order valence-corrected chi connectivity index (χ1v) is 18.3. The zero-order valence-electron chi connectivity index (χ0n) is 29.1. The maximum absolute atomic E-state index is 6.98. The molecule has 1 aliphatic carbocycles. The first kappa shape index (κ1) is 30.5. The molecule has 9 aromatic rings. The Morgan fingerprint density at radius 3 is 1.91 bits per heavy atom. The summed E-state index contributed by atoms with van der Waals surface area (Å²) in [6.45, 7) is 0. The largest absolute Gasteiger partial charge is 0.456 e. The molecule has 2 aromatic heterocycles. The van der Waals surface area contributed by atoms with Crippen LogP contribution in [0.25, 0.3) is 66.9 Å². The van der Waals surface area contributed by atoms with Crippen LogP contribution in [-0.4, -0.2) is 15.0 Å². The van der Waals surface area contributed by atoms with E-state index in [0.717, 1.165) is 61.5 Å². The number of aromatic nitrogens is 3. The molecule has 7 aromatic carbocycles. The smallest absolute Gasteiger partial charge is 0.161 e. The average Bonchev–Trinajstić information content (AvgIpc) is 3.35. The Bertz CT molecular complexity index is 2860. The molecule has 0 N–H and O–H groups in total. The van der Waals surface area contributed by atoms with Crippen LogP contribution in [-0.2, 0) is 5.41 Å². The number of hydrogen-bond donors (Lipinski definition) is 0. The minimum atomic E-state index is -0.739. The number of rotatable bonds is 3. The Labute approximate surface area is 313 Å². The molecule has 2 aliphatic rings. The van der Waals surface area contributed by atoms with Crippen LogP contribution in [0.1, 0.15) is 22.3 Å². The summed E-state index contributed by atoms with van der Waals surface area (Å²) in [6, 6.07) is 62.6. The Kier molecular flexibility index (Phi) is 6.73. The van der Waals surface area contributed by atoms with Gasteiger partial charge in [0.15, 0.2) is 5.82 Å². The topological polar surface area (TPSA) is 47.9 Å². The summed E-state index contributed by atoms with van der Waals surface area (Å²) >= 11 is 0. The number of para-hydroxylation sites is 1. The van der Waals surface area contributed by atoms with Crippen LogP contribution in [0.4, 0.5) is 0 Å². The van der Waals surface area contributed by atoms with Crippen LogP contribution in [0.2, 0.25) is 0 Å². The highest BCUT2D eigenvalue weighted by Crippen LogP contribution is 2.62. The first-order chi connectivity index (χ1) is 26.8. The van der Waals surface area contributed by atoms with Crippen molar-refractivity contribution >= 4 is 10.8 Å². The lowest BCUT2D eigenvalue weighted by Crippen LogP contribution is -2.35. The van der Waals surface area contributed by atoms with Gasteiger partial charge in [0.05, 0.1) is 16.8 Å². The second-order valence-electron chi connectivity index (χ2n) is 13.9. The molecule has 3 heterocycles. The number of ether oxygens (including phenoxy) is 1. The second kappa shape index (κ2) is 11.9. The number of hydrogen-bond acceptors (Lipinski definition) is 4. The molecule has 0 saturated heterocycles. The minimum absolute atomic E-state index is 0.632. The fourth-order valence-electron chi connectivity index (χ4n) is 8.72. The third-order valence-electron chi connectivity index (χ3n) is 11.1. The van der Waals surface area contributed by atoms with E-state index < -0.39 is 5.41 Å². The number of pyridine rings is 1. The van der Waals surface area contributed by atoms with Gasteiger partial charge in [0, 0.05) is 45.6 Å². The quantitative estimate of drug-likeness (QED) is 0.185. The van der Waals surface area contributed by atoms with Crippen molar-refractivity contribution in [1.82, 2.24) is 15.0 Å². The Morgan fingerprint density at radius 2 is 1.09 bits per heavy atom. The fourth-order valence-corrected chi connectivity index (χ4v) is 8.72. The maximum Gasteiger partial charge on any atom is 0.161 e. The van der Waals surface area contributed by atoms with E-state index in [-0.39, 0.29) is 0 Å². The maximum atomic E-state index is 6.98. The summed E-state index contributed by atoms with van der Waals surface area (Å²) in [7, 11) is 0. The van der Waals surface area contributed by atoms with E-state index in [2.05, 4.69) is 151 Å². The molecule has 4 nitrogen and oxygen atoms in total. The van der Waals surface area contributed by atoms with Gasteiger partial charge in [-0.1, -0.05) is 146 Å². The summed E-state index contributed by atoms with van der Waals surface area (Å²) < 4.78 is 6.98. The van der Waals surface area contributed by atoms with Gasteiger partial charge in [-0.05, 0) is 69.1 Å². The van der Waals surface area contributed by atoms with Crippen molar-refractivity contribution in [3.63, 3.8) is 0 Å². The van der Waals surface area contributed by atoms with E-state index in [1.807, 2.05) is 36.5 Å². The number of benzene rings is 7. The van der Waals surface area contributed by atoms with E-state index in [4.69, 9.17) is 14.7 Å². The standard InChI is InChI=1S/C50H31N3O/c1-2-14-33(15-3-1)45-30-46(53-49(52-45)35-16-12-28-51-31-35)34-24-26-40-38-19-7-6-18-37(38)39-20-8-9-21-41(39)50(44(40)29-34)42-22-10-11-23-47(42)54-48-36-17-5-4-13-32(36)25-27-43(48)50/h1-31H. The third kappa shape index (κ3) is 4.47. The first-order valence-electron chi connectivity index (χ1n) is 18.3. The zero-order chi connectivity index (χ0) is 35.6. The van der Waals surface area contributed by atoms with E-state index in [1.54, 1.807) is 6.20 Å². The van der Waals surface area contributed by atoms with Crippen LogP contribution in [0.5, 0.6) is 11.5 Å². The Balaban J connectivity index is 1.28. The number of nitrogens with zero attached hydrogens (tertiary/aromatic N) is 3. The van der Waals surface area contributed by atoms with Crippen LogP contribution in [0.3, 0.4) is 0 Å². The van der Waals surface area contributed by atoms with Gasteiger partial charge in [-0.25, -0.2) is 9.97 Å². The predicted octanol–water partition coefficient (Wildman–Crippen LogP) is 12.2. The van der Waals surface area contributed by atoms with Crippen molar-refractivity contribution in [2.45, 2.75) is 5.41 Å². The lowest BCUT2D eigenvalue weighted by Gasteiger charge is -2.43. The lowest BCUT2D eigenvalue weighted by atomic mass is 9.61. The molecule has 0 bridgehead atoms. The van der Waals surface area contributed by atoms with Crippen molar-refractivity contribution in [1.29, 1.82) is 0 Å². The van der Waals surface area contributed by atoms with Gasteiger partial charge in [0.25, 0.3) is 0 Å². The van der Waals surface area contributed by atoms with Crippen molar-refractivity contribution < 1.29 is 4.74 Å². The van der Waals surface area contributed by atoms with Crippen molar-refractivity contribution in [2.24, 2.45) is 0 Å². The number of fused-ring (bicyclic) bond motifs is 13. The third-order valence-corrected chi connectivity index (χ3v) is 11.1. The van der Waals surface area contributed by atoms with Gasteiger partial charge in [-0.15, -0.1) is 0 Å². The van der Waals surface area contributed by atoms with Crippen LogP contribution in [0.15, 0.2) is 188 Å². The van der Waals surface area contributed by atoms with Gasteiger partial charge < -0.3 is 4.74 Å². The van der Waals surface area contributed by atoms with E-state index in [1.165, 1.54) is 33.4 Å². The van der Waals surface area contributed by atoms with Gasteiger partial charge in [-0.3, -0.25) is 4.98 Å². The lowest BCUT2D eigenvalue weighted by molar-refractivity contribution is 0.440. The highest BCUT2D eigenvalue weighted by Gasteiger charge is 2.49. The van der Waals surface area contributed by atoms with E-state index in [0.29, 0.717) is 5.82 Å². The molecule has 54 heavy (non-hydrogen) atoms. The van der Waals surface area contributed by atoms with Crippen LogP contribution < -0.4 is 4.74 Å². The predicted molar refractivity (Wildman–Crippen MR) is 216 cm³/mol. The summed E-state index contributed by atoms with van der Waals surface area (Å²) in [5.74, 6) is 2.37. The van der Waals surface area contributed by atoms with Gasteiger partial charge in [-0.2, -0.15) is 0 Å². The zero-order valence-corrected chi connectivity index (χ0v) is 29.1. The normalized spacial score (nSPS) is 14.9. The highest BCUT2D eigenvalue weighted by atomic mass is 16.5. The van der Waals surface area contributed by atoms with Gasteiger partial charge in [0.1, 0.15) is 11.5 Å². The molecule has 0 amide bonds. The molecule has 1 aliphatic heterocycles. The molecular formula is C50H31N3O. The van der Waals surface area contributed by atoms with Crippen molar-refractivity contribution in [3.05, 3.63) is 211 Å². The molecule has 1 spiro atoms. The average molecular weight is 690 g/mol. The summed E-state index contributed by atoms with van der Waals surface area (Å²) in [6.07, 6.45) is 3.60. The molecule has 1 unspecified atom stereocenters. The molecule has 252 valence electrons.